The van der Waals surface area contributed by atoms with Crippen molar-refractivity contribution in [1.29, 1.82) is 0 Å². The first-order chi connectivity index (χ1) is 9.00. The van der Waals surface area contributed by atoms with Crippen molar-refractivity contribution in [2.24, 2.45) is 0 Å². The standard InChI is InChI=1S/C14H15NO4/c1-9-4-6-10(7-5-9)12(16)13(17)15-8-2-3-11(15)14(18)19/h4-7,11H,2-3,8H2,1H3,(H,18,19). The predicted molar refractivity (Wildman–Crippen MR) is 67.9 cm³/mol. The van der Waals surface area contributed by atoms with E-state index in [1.165, 1.54) is 0 Å². The molecule has 1 atom stereocenters. The fourth-order valence-corrected chi connectivity index (χ4v) is 2.23. The number of benzene rings is 1. The molecule has 0 spiro atoms. The van der Waals surface area contributed by atoms with Crippen molar-refractivity contribution in [2.45, 2.75) is 25.8 Å². The molecule has 1 saturated heterocycles. The number of likely N-dealkylation sites (tertiary alicyclic amines) is 1. The van der Waals surface area contributed by atoms with Gasteiger partial charge in [0, 0.05) is 12.1 Å². The molecule has 100 valence electrons. The zero-order chi connectivity index (χ0) is 14.0. The number of carboxylic acid groups (broad SMARTS) is 1. The lowest BCUT2D eigenvalue weighted by Gasteiger charge is -2.20. The van der Waals surface area contributed by atoms with Crippen LogP contribution in [0.15, 0.2) is 24.3 Å². The van der Waals surface area contributed by atoms with Gasteiger partial charge in [-0.15, -0.1) is 0 Å². The zero-order valence-corrected chi connectivity index (χ0v) is 10.6. The van der Waals surface area contributed by atoms with Crippen LogP contribution in [-0.4, -0.2) is 40.3 Å². The molecular formula is C14H15NO4. The molecule has 0 saturated carbocycles. The highest BCUT2D eigenvalue weighted by atomic mass is 16.4. The first kappa shape index (κ1) is 13.3. The Bertz CT molecular complexity index is 521. The van der Waals surface area contributed by atoms with E-state index in [4.69, 9.17) is 5.11 Å². The van der Waals surface area contributed by atoms with Crippen LogP contribution in [0.5, 0.6) is 0 Å². The van der Waals surface area contributed by atoms with Crippen molar-refractivity contribution < 1.29 is 19.5 Å². The lowest BCUT2D eigenvalue weighted by molar-refractivity contribution is -0.146. The van der Waals surface area contributed by atoms with Crippen LogP contribution < -0.4 is 0 Å². The molecule has 1 aromatic rings. The van der Waals surface area contributed by atoms with Gasteiger partial charge in [-0.3, -0.25) is 9.59 Å². The second-order valence-corrected chi connectivity index (χ2v) is 4.69. The van der Waals surface area contributed by atoms with Gasteiger partial charge >= 0.3 is 5.97 Å². The summed E-state index contributed by atoms with van der Waals surface area (Å²) < 4.78 is 0. The summed E-state index contributed by atoms with van der Waals surface area (Å²) in [5, 5.41) is 9.02. The van der Waals surface area contributed by atoms with Crippen LogP contribution in [0.25, 0.3) is 0 Å². The summed E-state index contributed by atoms with van der Waals surface area (Å²) >= 11 is 0. The van der Waals surface area contributed by atoms with Gasteiger partial charge in [-0.1, -0.05) is 29.8 Å². The van der Waals surface area contributed by atoms with E-state index in [1.807, 2.05) is 6.92 Å². The lowest BCUT2D eigenvalue weighted by atomic mass is 10.1. The quantitative estimate of drug-likeness (QED) is 0.656. The molecule has 0 aliphatic carbocycles. The van der Waals surface area contributed by atoms with Crippen molar-refractivity contribution in [3.63, 3.8) is 0 Å². The van der Waals surface area contributed by atoms with E-state index < -0.39 is 23.7 Å². The normalized spacial score (nSPS) is 18.4. The molecule has 1 aliphatic heterocycles. The summed E-state index contributed by atoms with van der Waals surface area (Å²) in [6.07, 6.45) is 1.02. The third-order valence-electron chi connectivity index (χ3n) is 3.31. The van der Waals surface area contributed by atoms with E-state index in [0.29, 0.717) is 24.9 Å². The molecule has 0 aromatic heterocycles. The Morgan fingerprint density at radius 1 is 1.21 bits per heavy atom. The Hall–Kier alpha value is -2.17. The summed E-state index contributed by atoms with van der Waals surface area (Å²) in [6.45, 7) is 2.21. The van der Waals surface area contributed by atoms with Crippen LogP contribution in [0, 0.1) is 6.92 Å². The topological polar surface area (TPSA) is 74.7 Å². The van der Waals surface area contributed by atoms with Gasteiger partial charge in [-0.2, -0.15) is 0 Å². The number of aryl methyl sites for hydroxylation is 1. The van der Waals surface area contributed by atoms with Gasteiger partial charge in [0.2, 0.25) is 5.78 Å². The molecule has 1 heterocycles. The Morgan fingerprint density at radius 2 is 1.84 bits per heavy atom. The highest BCUT2D eigenvalue weighted by molar-refractivity contribution is 6.43. The molecule has 5 nitrogen and oxygen atoms in total. The van der Waals surface area contributed by atoms with E-state index in [-0.39, 0.29) is 0 Å². The molecule has 1 unspecified atom stereocenters. The highest BCUT2D eigenvalue weighted by Gasteiger charge is 2.36. The number of ketones is 1. The third kappa shape index (κ3) is 2.65. The number of amides is 1. The van der Waals surface area contributed by atoms with Crippen LogP contribution in [0.4, 0.5) is 0 Å². The monoisotopic (exact) mass is 261 g/mol. The predicted octanol–water partition coefficient (Wildman–Crippen LogP) is 1.25. The van der Waals surface area contributed by atoms with Gasteiger partial charge in [0.15, 0.2) is 0 Å². The Balaban J connectivity index is 2.17. The second-order valence-electron chi connectivity index (χ2n) is 4.69. The first-order valence-electron chi connectivity index (χ1n) is 6.15. The number of aliphatic carboxylic acids is 1. The van der Waals surface area contributed by atoms with Crippen LogP contribution in [0.3, 0.4) is 0 Å². The van der Waals surface area contributed by atoms with E-state index in [0.717, 1.165) is 10.5 Å². The molecule has 19 heavy (non-hydrogen) atoms. The lowest BCUT2D eigenvalue weighted by Crippen LogP contribution is -2.43. The number of hydrogen-bond acceptors (Lipinski definition) is 3. The Morgan fingerprint density at radius 3 is 2.42 bits per heavy atom. The van der Waals surface area contributed by atoms with Gasteiger partial charge < -0.3 is 10.0 Å². The van der Waals surface area contributed by atoms with Gasteiger partial charge in [0.05, 0.1) is 0 Å². The maximum absolute atomic E-state index is 12.1. The Labute approximate surface area is 110 Å². The smallest absolute Gasteiger partial charge is 0.326 e. The summed E-state index contributed by atoms with van der Waals surface area (Å²) in [7, 11) is 0. The minimum absolute atomic E-state index is 0.298. The van der Waals surface area contributed by atoms with Crippen molar-refractivity contribution >= 4 is 17.7 Å². The number of carbonyl (C=O) groups is 3. The molecule has 1 aromatic carbocycles. The number of carboxylic acids is 1. The van der Waals surface area contributed by atoms with Crippen molar-refractivity contribution in [2.75, 3.05) is 6.54 Å². The SMILES string of the molecule is Cc1ccc(C(=O)C(=O)N2CCCC2C(=O)O)cc1. The fourth-order valence-electron chi connectivity index (χ4n) is 2.23. The van der Waals surface area contributed by atoms with Crippen LogP contribution in [0.2, 0.25) is 0 Å². The molecule has 5 heteroatoms. The summed E-state index contributed by atoms with van der Waals surface area (Å²) in [6, 6.07) is 5.79. The molecular weight excluding hydrogens is 246 g/mol. The minimum Gasteiger partial charge on any atom is -0.480 e. The van der Waals surface area contributed by atoms with Crippen LogP contribution >= 0.6 is 0 Å². The van der Waals surface area contributed by atoms with E-state index in [9.17, 15) is 14.4 Å². The number of nitrogens with zero attached hydrogens (tertiary/aromatic N) is 1. The van der Waals surface area contributed by atoms with Gasteiger partial charge in [0.1, 0.15) is 6.04 Å². The average molecular weight is 261 g/mol. The zero-order valence-electron chi connectivity index (χ0n) is 10.6. The maximum atomic E-state index is 12.1. The fraction of sp³-hybridized carbons (Fsp3) is 0.357. The maximum Gasteiger partial charge on any atom is 0.326 e. The molecule has 1 amide bonds. The second kappa shape index (κ2) is 5.22. The highest BCUT2D eigenvalue weighted by Crippen LogP contribution is 2.19. The van der Waals surface area contributed by atoms with Gasteiger partial charge in [-0.25, -0.2) is 4.79 Å². The molecule has 2 rings (SSSR count). The third-order valence-corrected chi connectivity index (χ3v) is 3.31. The summed E-state index contributed by atoms with van der Waals surface area (Å²) in [5.41, 5.74) is 1.29. The van der Waals surface area contributed by atoms with Gasteiger partial charge in [0.25, 0.3) is 5.91 Å². The molecule has 1 N–H and O–H groups in total. The molecule has 1 fully saturated rings. The number of carbonyl (C=O) groups excluding carboxylic acids is 2. The summed E-state index contributed by atoms with van der Waals surface area (Å²) in [5.74, 6) is -2.43. The van der Waals surface area contributed by atoms with E-state index in [1.54, 1.807) is 24.3 Å². The van der Waals surface area contributed by atoms with Crippen LogP contribution in [0.1, 0.15) is 28.8 Å². The van der Waals surface area contributed by atoms with Crippen molar-refractivity contribution in [3.8, 4) is 0 Å². The first-order valence-corrected chi connectivity index (χ1v) is 6.15. The molecule has 0 radical (unpaired) electrons. The number of rotatable bonds is 3. The molecule has 1 aliphatic rings. The van der Waals surface area contributed by atoms with Crippen molar-refractivity contribution in [1.82, 2.24) is 4.90 Å². The van der Waals surface area contributed by atoms with Gasteiger partial charge in [-0.05, 0) is 19.8 Å². The Kier molecular flexibility index (Phi) is 3.64. The van der Waals surface area contributed by atoms with E-state index in [2.05, 4.69) is 0 Å². The molecule has 0 bridgehead atoms. The number of hydrogen-bond donors (Lipinski definition) is 1. The van der Waals surface area contributed by atoms with E-state index >= 15 is 0 Å². The summed E-state index contributed by atoms with van der Waals surface area (Å²) in [4.78, 5) is 36.3. The average Bonchev–Trinajstić information content (AvgIpc) is 2.87. The minimum atomic E-state index is -1.05. The van der Waals surface area contributed by atoms with Crippen LogP contribution in [-0.2, 0) is 9.59 Å². The number of Topliss-reactive ketones (excluding diaryl/α,β-unsaturated/α-hetero) is 1. The van der Waals surface area contributed by atoms with Crippen molar-refractivity contribution in [3.05, 3.63) is 35.4 Å². The largest absolute Gasteiger partial charge is 0.480 e.